The second-order valence-electron chi connectivity index (χ2n) is 5.90. The van der Waals surface area contributed by atoms with Gasteiger partial charge in [0.05, 0.1) is 11.1 Å². The van der Waals surface area contributed by atoms with Crippen LogP contribution in [-0.2, 0) is 6.54 Å². The number of halogens is 1. The summed E-state index contributed by atoms with van der Waals surface area (Å²) in [6.45, 7) is 2.51. The van der Waals surface area contributed by atoms with Crippen LogP contribution in [0.5, 0.6) is 5.88 Å². The van der Waals surface area contributed by atoms with E-state index in [0.717, 1.165) is 15.4 Å². The Kier molecular flexibility index (Phi) is 4.49. The number of thiazole rings is 1. The third-order valence-corrected chi connectivity index (χ3v) is 6.18. The number of fused-ring (bicyclic) bond motifs is 1. The first kappa shape index (κ1) is 17.2. The van der Waals surface area contributed by atoms with Crippen LogP contribution < -0.4 is 10.1 Å². The SMILES string of the molecule is Cc1ccccc1-c1ncc(C[n+]2c(O)c(I)c(=O)n3ccccc32)s1. The van der Waals surface area contributed by atoms with Gasteiger partial charge < -0.3 is 5.11 Å². The molecule has 26 heavy (non-hydrogen) atoms. The van der Waals surface area contributed by atoms with Gasteiger partial charge in [-0.15, -0.1) is 11.3 Å². The lowest BCUT2D eigenvalue weighted by Crippen LogP contribution is -2.41. The predicted molar refractivity (Wildman–Crippen MR) is 110 cm³/mol. The summed E-state index contributed by atoms with van der Waals surface area (Å²) >= 11 is 3.48. The highest BCUT2D eigenvalue weighted by Gasteiger charge is 2.22. The molecule has 0 unspecified atom stereocenters. The summed E-state index contributed by atoms with van der Waals surface area (Å²) in [5.41, 5.74) is 2.71. The van der Waals surface area contributed by atoms with Crippen LogP contribution in [-0.4, -0.2) is 14.5 Å². The van der Waals surface area contributed by atoms with Crippen LogP contribution in [0.3, 0.4) is 0 Å². The zero-order chi connectivity index (χ0) is 18.3. The van der Waals surface area contributed by atoms with Gasteiger partial charge in [-0.05, 0) is 41.1 Å². The van der Waals surface area contributed by atoms with E-state index in [9.17, 15) is 9.90 Å². The Bertz CT molecular complexity index is 1180. The average Bonchev–Trinajstić information content (AvgIpc) is 3.12. The molecule has 130 valence electrons. The molecular weight excluding hydrogens is 461 g/mol. The second-order valence-corrected chi connectivity index (χ2v) is 8.10. The number of aromatic nitrogens is 3. The monoisotopic (exact) mass is 476 g/mol. The molecule has 0 bridgehead atoms. The van der Waals surface area contributed by atoms with Crippen LogP contribution in [0.15, 0.2) is 59.7 Å². The summed E-state index contributed by atoms with van der Waals surface area (Å²) in [5.74, 6) is -0.0207. The van der Waals surface area contributed by atoms with Crippen LogP contribution in [0.4, 0.5) is 0 Å². The van der Waals surface area contributed by atoms with Crippen molar-refractivity contribution in [1.82, 2.24) is 9.38 Å². The van der Waals surface area contributed by atoms with Crippen molar-refractivity contribution in [3.8, 4) is 16.5 Å². The number of hydrogen-bond donors (Lipinski definition) is 1. The number of aryl methyl sites for hydroxylation is 1. The van der Waals surface area contributed by atoms with Gasteiger partial charge in [0.2, 0.25) is 0 Å². The summed E-state index contributed by atoms with van der Waals surface area (Å²) in [5, 5.41) is 11.5. The van der Waals surface area contributed by atoms with Crippen LogP contribution in [0.25, 0.3) is 16.2 Å². The van der Waals surface area contributed by atoms with Gasteiger partial charge in [0.15, 0.2) is 3.57 Å². The average molecular weight is 476 g/mol. The van der Waals surface area contributed by atoms with Crippen molar-refractivity contribution in [1.29, 1.82) is 0 Å². The van der Waals surface area contributed by atoms with Crippen LogP contribution in [0.2, 0.25) is 0 Å². The first-order valence-electron chi connectivity index (χ1n) is 7.98. The highest BCUT2D eigenvalue weighted by atomic mass is 127. The second kappa shape index (κ2) is 6.81. The van der Waals surface area contributed by atoms with Crippen LogP contribution >= 0.6 is 33.9 Å². The van der Waals surface area contributed by atoms with Crippen LogP contribution in [0.1, 0.15) is 10.4 Å². The lowest BCUT2D eigenvalue weighted by Gasteiger charge is -2.06. The molecule has 7 heteroatoms. The van der Waals surface area contributed by atoms with Gasteiger partial charge >= 0.3 is 11.4 Å². The number of benzene rings is 1. The van der Waals surface area contributed by atoms with E-state index < -0.39 is 0 Å². The van der Waals surface area contributed by atoms with Gasteiger partial charge in [0.25, 0.3) is 5.65 Å². The normalized spacial score (nSPS) is 11.2. The van der Waals surface area contributed by atoms with Gasteiger partial charge in [0.1, 0.15) is 11.6 Å². The molecule has 0 saturated heterocycles. The van der Waals surface area contributed by atoms with Crippen molar-refractivity contribution >= 4 is 39.6 Å². The third-order valence-electron chi connectivity index (χ3n) is 4.22. The van der Waals surface area contributed by atoms with Crippen molar-refractivity contribution in [3.63, 3.8) is 0 Å². The molecule has 3 heterocycles. The molecule has 0 aliphatic heterocycles. The van der Waals surface area contributed by atoms with E-state index in [1.165, 1.54) is 5.56 Å². The lowest BCUT2D eigenvalue weighted by atomic mass is 10.1. The zero-order valence-corrected chi connectivity index (χ0v) is 16.9. The molecule has 4 aromatic rings. The highest BCUT2D eigenvalue weighted by molar-refractivity contribution is 14.1. The smallest absolute Gasteiger partial charge is 0.359 e. The summed E-state index contributed by atoms with van der Waals surface area (Å²) in [6, 6.07) is 13.6. The van der Waals surface area contributed by atoms with Gasteiger partial charge in [-0.1, -0.05) is 30.3 Å². The maximum Gasteiger partial charge on any atom is 0.359 e. The molecule has 5 nitrogen and oxygen atoms in total. The van der Waals surface area contributed by atoms with Gasteiger partial charge in [0, 0.05) is 17.8 Å². The van der Waals surface area contributed by atoms with E-state index in [0.29, 0.717) is 15.8 Å². The Morgan fingerprint density at radius 2 is 2.00 bits per heavy atom. The van der Waals surface area contributed by atoms with Crippen molar-refractivity contribution < 1.29 is 9.67 Å². The Hall–Kier alpha value is -2.26. The molecule has 0 atom stereocenters. The molecule has 0 saturated carbocycles. The maximum absolute atomic E-state index is 12.4. The number of pyridine rings is 1. The fourth-order valence-electron chi connectivity index (χ4n) is 2.88. The lowest BCUT2D eigenvalue weighted by molar-refractivity contribution is -0.672. The first-order chi connectivity index (χ1) is 12.6. The third kappa shape index (κ3) is 2.90. The standard InChI is InChI=1S/C19H14IN3O2S/c1-12-6-2-3-7-14(12)17-21-10-13(26-17)11-23-15-8-4-5-9-22(15)18(24)16(20)19(23)25/h2-10H,11H2,1H3/p+1. The van der Waals surface area contributed by atoms with Gasteiger partial charge in [-0.2, -0.15) is 8.97 Å². The van der Waals surface area contributed by atoms with Crippen molar-refractivity contribution in [3.05, 3.63) is 79.2 Å². The Morgan fingerprint density at radius 3 is 2.81 bits per heavy atom. The first-order valence-corrected chi connectivity index (χ1v) is 9.88. The van der Waals surface area contributed by atoms with Crippen molar-refractivity contribution in [2.24, 2.45) is 0 Å². The molecule has 0 aliphatic rings. The topological polar surface area (TPSA) is 58.5 Å². The van der Waals surface area contributed by atoms with E-state index in [-0.39, 0.29) is 11.4 Å². The minimum absolute atomic E-state index is 0.0207. The summed E-state index contributed by atoms with van der Waals surface area (Å²) < 4.78 is 3.58. The fourth-order valence-corrected chi connectivity index (χ4v) is 4.43. The maximum atomic E-state index is 12.4. The molecule has 0 aliphatic carbocycles. The van der Waals surface area contributed by atoms with E-state index >= 15 is 0 Å². The minimum Gasteiger partial charge on any atom is -0.477 e. The van der Waals surface area contributed by atoms with Crippen molar-refractivity contribution in [2.45, 2.75) is 13.5 Å². The molecular formula is C19H15IN3O2S+. The number of rotatable bonds is 3. The van der Waals surface area contributed by atoms with E-state index in [1.807, 2.05) is 53.1 Å². The van der Waals surface area contributed by atoms with E-state index in [4.69, 9.17) is 0 Å². The fraction of sp³-hybridized carbons (Fsp3) is 0.105. The molecule has 0 spiro atoms. The van der Waals surface area contributed by atoms with E-state index in [1.54, 1.807) is 32.6 Å². The number of hydrogen-bond acceptors (Lipinski definition) is 4. The van der Waals surface area contributed by atoms with Gasteiger partial charge in [-0.3, -0.25) is 0 Å². The Balaban J connectivity index is 1.80. The Labute approximate surface area is 167 Å². The summed E-state index contributed by atoms with van der Waals surface area (Å²) in [4.78, 5) is 17.9. The zero-order valence-electron chi connectivity index (χ0n) is 13.9. The molecule has 0 radical (unpaired) electrons. The van der Waals surface area contributed by atoms with Crippen LogP contribution in [0, 0.1) is 10.5 Å². The molecule has 3 aromatic heterocycles. The number of aromatic hydroxyl groups is 1. The largest absolute Gasteiger partial charge is 0.477 e. The summed E-state index contributed by atoms with van der Waals surface area (Å²) in [6.07, 6.45) is 3.54. The predicted octanol–water partition coefficient (Wildman–Crippen LogP) is 3.38. The molecule has 0 amide bonds. The Morgan fingerprint density at radius 1 is 1.23 bits per heavy atom. The minimum atomic E-state index is -0.222. The quantitative estimate of drug-likeness (QED) is 0.365. The molecule has 1 aromatic carbocycles. The molecule has 1 N–H and O–H groups in total. The van der Waals surface area contributed by atoms with Gasteiger partial charge in [-0.25, -0.2) is 9.78 Å². The molecule has 4 rings (SSSR count). The summed E-state index contributed by atoms with van der Waals surface area (Å²) in [7, 11) is 0. The number of nitrogens with zero attached hydrogens (tertiary/aromatic N) is 3. The van der Waals surface area contributed by atoms with Crippen molar-refractivity contribution in [2.75, 3.05) is 0 Å². The van der Waals surface area contributed by atoms with E-state index in [2.05, 4.69) is 24.0 Å². The molecule has 0 fully saturated rings. The highest BCUT2D eigenvalue weighted by Crippen LogP contribution is 2.28.